The Morgan fingerprint density at radius 2 is 2.06 bits per heavy atom. The van der Waals surface area contributed by atoms with E-state index in [-0.39, 0.29) is 22.1 Å². The summed E-state index contributed by atoms with van der Waals surface area (Å²) in [5.41, 5.74) is 0.371. The summed E-state index contributed by atoms with van der Waals surface area (Å²) >= 11 is 5.83. The van der Waals surface area contributed by atoms with E-state index in [0.717, 1.165) is 6.07 Å². The van der Waals surface area contributed by atoms with Gasteiger partial charge in [0.1, 0.15) is 11.5 Å². The van der Waals surface area contributed by atoms with Gasteiger partial charge in [0.2, 0.25) is 5.78 Å². The monoisotopic (exact) mass is 235 g/mol. The lowest BCUT2D eigenvalue weighted by atomic mass is 10.1. The molecule has 0 aliphatic rings. The summed E-state index contributed by atoms with van der Waals surface area (Å²) in [6.45, 7) is 0. The second-order valence-electron chi connectivity index (χ2n) is 3.17. The number of benzene rings is 1. The molecule has 2 aromatic rings. The second kappa shape index (κ2) is 4.41. The van der Waals surface area contributed by atoms with Crippen LogP contribution in [0.5, 0.6) is 0 Å². The van der Waals surface area contributed by atoms with Crippen LogP contribution in [-0.4, -0.2) is 10.8 Å². The molecular formula is C12H7ClFNO. The smallest absolute Gasteiger partial charge is 0.212 e. The average Bonchev–Trinajstić information content (AvgIpc) is 2.32. The van der Waals surface area contributed by atoms with Crippen molar-refractivity contribution in [2.24, 2.45) is 0 Å². The number of rotatable bonds is 2. The second-order valence-corrected chi connectivity index (χ2v) is 3.58. The molecule has 0 aliphatic heterocycles. The molecule has 16 heavy (non-hydrogen) atoms. The molecule has 0 radical (unpaired) electrons. The Morgan fingerprint density at radius 1 is 1.25 bits per heavy atom. The van der Waals surface area contributed by atoms with E-state index in [0.29, 0.717) is 0 Å². The van der Waals surface area contributed by atoms with E-state index < -0.39 is 5.82 Å². The maximum atomic E-state index is 13.0. The minimum atomic E-state index is -0.497. The van der Waals surface area contributed by atoms with Gasteiger partial charge in [-0.1, -0.05) is 17.7 Å². The fourth-order valence-electron chi connectivity index (χ4n) is 1.31. The van der Waals surface area contributed by atoms with Crippen LogP contribution in [0.15, 0.2) is 42.6 Å². The van der Waals surface area contributed by atoms with E-state index in [1.165, 1.54) is 18.3 Å². The van der Waals surface area contributed by atoms with Gasteiger partial charge in [0.25, 0.3) is 0 Å². The fraction of sp³-hybridized carbons (Fsp3) is 0. The Balaban J connectivity index is 2.46. The zero-order valence-electron chi connectivity index (χ0n) is 8.15. The van der Waals surface area contributed by atoms with Gasteiger partial charge in [0.15, 0.2) is 0 Å². The lowest BCUT2D eigenvalue weighted by Gasteiger charge is -2.02. The zero-order valence-corrected chi connectivity index (χ0v) is 8.91. The molecule has 0 fully saturated rings. The first-order chi connectivity index (χ1) is 7.68. The first-order valence-corrected chi connectivity index (χ1v) is 4.97. The largest absolute Gasteiger partial charge is 0.287 e. The highest BCUT2D eigenvalue weighted by atomic mass is 35.5. The SMILES string of the molecule is O=C(c1ccccn1)c1cc(F)ccc1Cl. The Hall–Kier alpha value is -1.74. The van der Waals surface area contributed by atoms with Crippen molar-refractivity contribution in [1.82, 2.24) is 4.98 Å². The van der Waals surface area contributed by atoms with Crippen LogP contribution in [0.1, 0.15) is 16.1 Å². The van der Waals surface area contributed by atoms with Crippen LogP contribution in [0.4, 0.5) is 4.39 Å². The lowest BCUT2D eigenvalue weighted by molar-refractivity contribution is 0.103. The van der Waals surface area contributed by atoms with Crippen molar-refractivity contribution < 1.29 is 9.18 Å². The number of halogens is 2. The predicted molar refractivity (Wildman–Crippen MR) is 59.1 cm³/mol. The average molecular weight is 236 g/mol. The number of carbonyl (C=O) groups excluding carboxylic acids is 1. The highest BCUT2D eigenvalue weighted by Crippen LogP contribution is 2.19. The van der Waals surface area contributed by atoms with Gasteiger partial charge in [0, 0.05) is 11.8 Å². The Kier molecular flexibility index (Phi) is 2.97. The van der Waals surface area contributed by atoms with Crippen molar-refractivity contribution in [2.45, 2.75) is 0 Å². The minimum absolute atomic E-state index is 0.125. The van der Waals surface area contributed by atoms with Gasteiger partial charge in [-0.15, -0.1) is 0 Å². The molecule has 80 valence electrons. The first kappa shape index (κ1) is 10.8. The number of pyridine rings is 1. The molecule has 0 atom stereocenters. The third-order valence-corrected chi connectivity index (χ3v) is 2.40. The fourth-order valence-corrected chi connectivity index (χ4v) is 1.51. The number of nitrogens with zero attached hydrogens (tertiary/aromatic N) is 1. The maximum absolute atomic E-state index is 13.0. The van der Waals surface area contributed by atoms with Gasteiger partial charge in [0.05, 0.1) is 5.02 Å². The molecule has 0 N–H and O–H groups in total. The highest BCUT2D eigenvalue weighted by Gasteiger charge is 2.14. The van der Waals surface area contributed by atoms with Gasteiger partial charge >= 0.3 is 0 Å². The van der Waals surface area contributed by atoms with E-state index in [1.54, 1.807) is 18.2 Å². The molecule has 0 spiro atoms. The Morgan fingerprint density at radius 3 is 2.75 bits per heavy atom. The van der Waals surface area contributed by atoms with Crippen molar-refractivity contribution in [2.75, 3.05) is 0 Å². The van der Waals surface area contributed by atoms with E-state index in [2.05, 4.69) is 4.98 Å². The molecule has 0 unspecified atom stereocenters. The van der Waals surface area contributed by atoms with Crippen molar-refractivity contribution >= 4 is 17.4 Å². The molecule has 0 saturated heterocycles. The van der Waals surface area contributed by atoms with Crippen molar-refractivity contribution in [3.63, 3.8) is 0 Å². The van der Waals surface area contributed by atoms with Crippen LogP contribution in [0.25, 0.3) is 0 Å². The summed E-state index contributed by atoms with van der Waals surface area (Å²) < 4.78 is 13.0. The molecule has 1 aromatic heterocycles. The first-order valence-electron chi connectivity index (χ1n) is 4.59. The van der Waals surface area contributed by atoms with Gasteiger partial charge in [-0.05, 0) is 30.3 Å². The summed E-state index contributed by atoms with van der Waals surface area (Å²) in [6.07, 6.45) is 1.50. The van der Waals surface area contributed by atoms with E-state index in [9.17, 15) is 9.18 Å². The molecule has 0 aliphatic carbocycles. The summed E-state index contributed by atoms with van der Waals surface area (Å²) in [7, 11) is 0. The third-order valence-electron chi connectivity index (χ3n) is 2.07. The van der Waals surface area contributed by atoms with E-state index in [4.69, 9.17) is 11.6 Å². The minimum Gasteiger partial charge on any atom is -0.287 e. The van der Waals surface area contributed by atoms with Crippen LogP contribution in [0.3, 0.4) is 0 Å². The van der Waals surface area contributed by atoms with Crippen LogP contribution in [-0.2, 0) is 0 Å². The van der Waals surface area contributed by atoms with Crippen LogP contribution >= 0.6 is 11.6 Å². The lowest BCUT2D eigenvalue weighted by Crippen LogP contribution is -2.04. The Bertz CT molecular complexity index is 528. The van der Waals surface area contributed by atoms with Crippen LogP contribution < -0.4 is 0 Å². The number of ketones is 1. The van der Waals surface area contributed by atoms with E-state index >= 15 is 0 Å². The van der Waals surface area contributed by atoms with Crippen molar-refractivity contribution in [3.05, 3.63) is 64.7 Å². The molecule has 0 bridgehead atoms. The molecule has 0 saturated carbocycles. The normalized spacial score (nSPS) is 10.1. The van der Waals surface area contributed by atoms with Crippen LogP contribution in [0.2, 0.25) is 5.02 Å². The highest BCUT2D eigenvalue weighted by molar-refractivity contribution is 6.34. The van der Waals surface area contributed by atoms with Crippen molar-refractivity contribution in [1.29, 1.82) is 0 Å². The van der Waals surface area contributed by atoms with E-state index in [1.807, 2.05) is 0 Å². The molecule has 4 heteroatoms. The third kappa shape index (κ3) is 2.09. The molecule has 2 nitrogen and oxygen atoms in total. The molecule has 1 heterocycles. The van der Waals surface area contributed by atoms with Gasteiger partial charge in [-0.2, -0.15) is 0 Å². The summed E-state index contributed by atoms with van der Waals surface area (Å²) in [4.78, 5) is 15.8. The maximum Gasteiger partial charge on any atom is 0.212 e. The Labute approximate surface area is 96.7 Å². The number of hydrogen-bond donors (Lipinski definition) is 0. The predicted octanol–water partition coefficient (Wildman–Crippen LogP) is 3.11. The van der Waals surface area contributed by atoms with Gasteiger partial charge < -0.3 is 0 Å². The standard InChI is InChI=1S/C12H7ClFNO/c13-10-5-4-8(14)7-9(10)12(16)11-3-1-2-6-15-11/h1-7H. The number of aromatic nitrogens is 1. The molecule has 1 aromatic carbocycles. The number of hydrogen-bond acceptors (Lipinski definition) is 2. The number of carbonyl (C=O) groups is 1. The zero-order chi connectivity index (χ0) is 11.5. The van der Waals surface area contributed by atoms with Crippen LogP contribution in [0, 0.1) is 5.82 Å². The summed E-state index contributed by atoms with van der Waals surface area (Å²) in [6, 6.07) is 8.62. The summed E-state index contributed by atoms with van der Waals surface area (Å²) in [5, 5.41) is 0.219. The topological polar surface area (TPSA) is 30.0 Å². The van der Waals surface area contributed by atoms with Crippen molar-refractivity contribution in [3.8, 4) is 0 Å². The van der Waals surface area contributed by atoms with Gasteiger partial charge in [-0.3, -0.25) is 9.78 Å². The molecule has 0 amide bonds. The quantitative estimate of drug-likeness (QED) is 0.749. The molecule has 2 rings (SSSR count). The molecular weight excluding hydrogens is 229 g/mol. The summed E-state index contributed by atoms with van der Waals surface area (Å²) in [5.74, 6) is -0.881. The van der Waals surface area contributed by atoms with Gasteiger partial charge in [-0.25, -0.2) is 4.39 Å².